The maximum atomic E-state index is 14.2. The van der Waals surface area contributed by atoms with Crippen molar-refractivity contribution in [2.24, 2.45) is 4.99 Å². The van der Waals surface area contributed by atoms with Crippen molar-refractivity contribution >= 4 is 23.1 Å². The van der Waals surface area contributed by atoms with Gasteiger partial charge < -0.3 is 10.1 Å². The van der Waals surface area contributed by atoms with Crippen LogP contribution in [0, 0.1) is 12.7 Å². The molecule has 0 spiro atoms. The van der Waals surface area contributed by atoms with Crippen LogP contribution in [-0.2, 0) is 9.53 Å². The molecule has 1 aliphatic rings. The zero-order valence-corrected chi connectivity index (χ0v) is 14.9. The van der Waals surface area contributed by atoms with E-state index in [1.807, 2.05) is 0 Å². The molecule has 1 unspecified atom stereocenters. The molecule has 1 aromatic heterocycles. The van der Waals surface area contributed by atoms with Crippen LogP contribution in [0.15, 0.2) is 46.0 Å². The van der Waals surface area contributed by atoms with Gasteiger partial charge >= 0.3 is 5.97 Å². The number of amidine groups is 1. The van der Waals surface area contributed by atoms with Crippen LogP contribution in [0.2, 0.25) is 0 Å². The first-order chi connectivity index (χ1) is 12.4. The number of carbonyl (C=O) groups is 1. The van der Waals surface area contributed by atoms with E-state index in [9.17, 15) is 9.18 Å². The van der Waals surface area contributed by atoms with Gasteiger partial charge in [-0.15, -0.1) is 11.3 Å². The summed E-state index contributed by atoms with van der Waals surface area (Å²) in [6.07, 6.45) is 1.63. The molecule has 130 valence electrons. The molecule has 0 aliphatic carbocycles. The molecule has 3 rings (SSSR count). The van der Waals surface area contributed by atoms with E-state index in [-0.39, 0.29) is 23.3 Å². The average Bonchev–Trinajstić information content (AvgIpc) is 3.11. The van der Waals surface area contributed by atoms with E-state index in [4.69, 9.17) is 6.11 Å². The van der Waals surface area contributed by atoms with E-state index in [0.29, 0.717) is 16.5 Å². The first-order valence-electron chi connectivity index (χ1n) is 8.29. The van der Waals surface area contributed by atoms with E-state index in [1.54, 1.807) is 38.4 Å². The van der Waals surface area contributed by atoms with Crippen molar-refractivity contribution < 1.29 is 15.3 Å². The van der Waals surface area contributed by atoms with Gasteiger partial charge in [0.2, 0.25) is 0 Å². The zero-order chi connectivity index (χ0) is 18.9. The Hall–Kier alpha value is -2.54. The molecule has 1 aliphatic heterocycles. The predicted molar refractivity (Wildman–Crippen MR) is 95.0 cm³/mol. The molecular formula is C18H18FN3O2S. The number of halogens is 1. The van der Waals surface area contributed by atoms with Gasteiger partial charge in [0, 0.05) is 17.3 Å². The molecule has 0 saturated carbocycles. The highest BCUT2D eigenvalue weighted by molar-refractivity contribution is 7.11. The maximum absolute atomic E-state index is 14.2. The molecule has 0 amide bonds. The highest BCUT2D eigenvalue weighted by Gasteiger charge is 2.32. The van der Waals surface area contributed by atoms with Gasteiger partial charge in [0.25, 0.3) is 0 Å². The third kappa shape index (κ3) is 3.32. The van der Waals surface area contributed by atoms with Gasteiger partial charge in [0.15, 0.2) is 10.8 Å². The summed E-state index contributed by atoms with van der Waals surface area (Å²) in [6, 6.07) is 2.59. The Bertz CT molecular complexity index is 911. The first kappa shape index (κ1) is 16.0. The Morgan fingerprint density at radius 1 is 1.48 bits per heavy atom. The van der Waals surface area contributed by atoms with Crippen LogP contribution in [0.4, 0.5) is 4.39 Å². The highest BCUT2D eigenvalue weighted by Crippen LogP contribution is 2.34. The summed E-state index contributed by atoms with van der Waals surface area (Å²) in [4.78, 5) is 21.2. The van der Waals surface area contributed by atoms with E-state index in [2.05, 4.69) is 15.3 Å². The SMILES string of the molecule is [2H]C1(c2cccc(F)c2C)N=C(c2nccs2)NC(C)=C1C(=O)OCC. The smallest absolute Gasteiger partial charge is 0.338 e. The number of thiazole rings is 1. The Morgan fingerprint density at radius 2 is 2.28 bits per heavy atom. The summed E-state index contributed by atoms with van der Waals surface area (Å²) in [5.41, 5.74) is 1.02. The third-order valence-electron chi connectivity index (χ3n) is 3.78. The van der Waals surface area contributed by atoms with Crippen molar-refractivity contribution in [2.45, 2.75) is 26.8 Å². The third-order valence-corrected chi connectivity index (χ3v) is 4.56. The first-order valence-corrected chi connectivity index (χ1v) is 8.67. The number of nitrogens with one attached hydrogen (secondary N) is 1. The van der Waals surface area contributed by atoms with Crippen molar-refractivity contribution in [3.63, 3.8) is 0 Å². The number of aliphatic imine (C=N–C) groups is 1. The lowest BCUT2D eigenvalue weighted by Gasteiger charge is -2.26. The van der Waals surface area contributed by atoms with E-state index in [0.717, 1.165) is 0 Å². The minimum atomic E-state index is -1.84. The van der Waals surface area contributed by atoms with Crippen LogP contribution < -0.4 is 5.32 Å². The lowest BCUT2D eigenvalue weighted by atomic mass is 9.92. The fourth-order valence-electron chi connectivity index (χ4n) is 2.57. The molecule has 2 aromatic rings. The van der Waals surface area contributed by atoms with Gasteiger partial charge in [-0.3, -0.25) is 4.99 Å². The Labute approximate surface area is 150 Å². The van der Waals surface area contributed by atoms with Crippen LogP contribution in [-0.4, -0.2) is 23.4 Å². The fraction of sp³-hybridized carbons (Fsp3) is 0.278. The normalized spacial score (nSPS) is 20.6. The number of benzene rings is 1. The second-order valence-electron chi connectivity index (χ2n) is 5.40. The molecular weight excluding hydrogens is 341 g/mol. The van der Waals surface area contributed by atoms with Crippen LogP contribution in [0.1, 0.15) is 37.4 Å². The number of carbonyl (C=O) groups excluding carboxylic acids is 1. The molecule has 0 bridgehead atoms. The summed E-state index contributed by atoms with van der Waals surface area (Å²) in [6.45, 7) is 5.09. The lowest BCUT2D eigenvalue weighted by Crippen LogP contribution is -2.33. The summed E-state index contributed by atoms with van der Waals surface area (Å²) in [7, 11) is 0. The van der Waals surface area contributed by atoms with Crippen LogP contribution >= 0.6 is 11.3 Å². The quantitative estimate of drug-likeness (QED) is 0.848. The predicted octanol–water partition coefficient (Wildman–Crippen LogP) is 3.52. The molecule has 1 atom stereocenters. The lowest BCUT2D eigenvalue weighted by molar-refractivity contribution is -0.138. The van der Waals surface area contributed by atoms with Gasteiger partial charge in [0.1, 0.15) is 11.8 Å². The molecule has 0 saturated heterocycles. The molecule has 5 nitrogen and oxygen atoms in total. The zero-order valence-electron chi connectivity index (χ0n) is 15.1. The van der Waals surface area contributed by atoms with Crippen molar-refractivity contribution in [3.8, 4) is 0 Å². The second-order valence-corrected chi connectivity index (χ2v) is 6.30. The highest BCUT2D eigenvalue weighted by atomic mass is 32.1. The number of rotatable bonds is 4. The largest absolute Gasteiger partial charge is 0.463 e. The maximum Gasteiger partial charge on any atom is 0.338 e. The molecule has 2 heterocycles. The van der Waals surface area contributed by atoms with Crippen molar-refractivity contribution in [2.75, 3.05) is 6.61 Å². The van der Waals surface area contributed by atoms with Gasteiger partial charge in [-0.05, 0) is 38.0 Å². The van der Waals surface area contributed by atoms with Crippen LogP contribution in [0.25, 0.3) is 0 Å². The summed E-state index contributed by atoms with van der Waals surface area (Å²) >= 11 is 1.35. The number of hydrogen-bond donors (Lipinski definition) is 1. The molecule has 1 N–H and O–H groups in total. The summed E-state index contributed by atoms with van der Waals surface area (Å²) < 4.78 is 28.3. The van der Waals surface area contributed by atoms with Crippen molar-refractivity contribution in [3.05, 3.63) is 63.0 Å². The number of aromatic nitrogens is 1. The van der Waals surface area contributed by atoms with E-state index in [1.165, 1.54) is 23.5 Å². The minimum absolute atomic E-state index is 0.0355. The number of esters is 1. The number of allylic oxidation sites excluding steroid dienone is 1. The monoisotopic (exact) mass is 360 g/mol. The van der Waals surface area contributed by atoms with Gasteiger partial charge in [-0.1, -0.05) is 12.1 Å². The van der Waals surface area contributed by atoms with Gasteiger partial charge in [-0.25, -0.2) is 14.2 Å². The van der Waals surface area contributed by atoms with E-state index < -0.39 is 17.8 Å². The second kappa shape index (κ2) is 7.14. The number of hydrogen-bond acceptors (Lipinski definition) is 6. The Balaban J connectivity index is 2.23. The molecule has 25 heavy (non-hydrogen) atoms. The standard InChI is InChI=1S/C18H18FN3O2S/c1-4-24-18(23)14-11(3)21-16(17-20-8-9-25-17)22-15(14)12-6-5-7-13(19)10(12)2/h5-9,15H,4H2,1-3H3,(H,21,22)/i15D. The van der Waals surface area contributed by atoms with Gasteiger partial charge in [-0.2, -0.15) is 0 Å². The van der Waals surface area contributed by atoms with E-state index >= 15 is 0 Å². The van der Waals surface area contributed by atoms with Crippen LogP contribution in [0.3, 0.4) is 0 Å². The van der Waals surface area contributed by atoms with Crippen molar-refractivity contribution in [1.29, 1.82) is 0 Å². The molecule has 0 fully saturated rings. The molecule has 7 heteroatoms. The number of ether oxygens (including phenoxy) is 1. The Kier molecular flexibility index (Phi) is 4.56. The minimum Gasteiger partial charge on any atom is -0.463 e. The van der Waals surface area contributed by atoms with Crippen LogP contribution in [0.5, 0.6) is 0 Å². The van der Waals surface area contributed by atoms with Crippen molar-refractivity contribution in [1.82, 2.24) is 10.3 Å². The average molecular weight is 360 g/mol. The summed E-state index contributed by atoms with van der Waals surface area (Å²) in [5.74, 6) is -0.748. The number of nitrogens with zero attached hydrogens (tertiary/aromatic N) is 2. The summed E-state index contributed by atoms with van der Waals surface area (Å²) in [5, 5.41) is 5.40. The van der Waals surface area contributed by atoms with Gasteiger partial charge in [0.05, 0.1) is 13.6 Å². The molecule has 0 radical (unpaired) electrons. The fourth-order valence-corrected chi connectivity index (χ4v) is 3.15. The topological polar surface area (TPSA) is 63.6 Å². The Morgan fingerprint density at radius 3 is 2.96 bits per heavy atom. The molecule has 1 aromatic carbocycles.